The number of aromatic nitrogens is 3. The van der Waals surface area contributed by atoms with E-state index in [9.17, 15) is 5.11 Å². The quantitative estimate of drug-likeness (QED) is 0.729. The zero-order valence-corrected chi connectivity index (χ0v) is 14.5. The van der Waals surface area contributed by atoms with Gasteiger partial charge in [0.1, 0.15) is 5.60 Å². The van der Waals surface area contributed by atoms with Crippen molar-refractivity contribution in [1.82, 2.24) is 20.1 Å². The predicted molar refractivity (Wildman–Crippen MR) is 93.5 cm³/mol. The van der Waals surface area contributed by atoms with E-state index in [2.05, 4.69) is 35.3 Å². The summed E-state index contributed by atoms with van der Waals surface area (Å²) in [5.74, 6) is 0. The third kappa shape index (κ3) is 3.44. The van der Waals surface area contributed by atoms with Crippen LogP contribution >= 0.6 is 11.3 Å². The lowest BCUT2D eigenvalue weighted by Gasteiger charge is -2.22. The molecule has 6 heteroatoms. The Balaban J connectivity index is 1.66. The molecule has 3 aromatic rings. The van der Waals surface area contributed by atoms with Gasteiger partial charge in [-0.3, -0.25) is 0 Å². The van der Waals surface area contributed by atoms with E-state index in [4.69, 9.17) is 0 Å². The molecule has 0 radical (unpaired) electrons. The Morgan fingerprint density at radius 1 is 1.39 bits per heavy atom. The highest BCUT2D eigenvalue weighted by molar-refractivity contribution is 7.10. The number of hydrogen-bond donors (Lipinski definition) is 2. The normalized spacial score (nSPS) is 14.5. The molecule has 0 aliphatic heterocycles. The Labute approximate surface area is 140 Å². The summed E-state index contributed by atoms with van der Waals surface area (Å²) in [7, 11) is 0. The van der Waals surface area contributed by atoms with Crippen molar-refractivity contribution in [3.8, 4) is 0 Å². The van der Waals surface area contributed by atoms with Crippen LogP contribution in [-0.4, -0.2) is 26.4 Å². The summed E-state index contributed by atoms with van der Waals surface area (Å²) >= 11 is 1.57. The SMILES string of the molecule is CC(C)n1ncc2cc(CNCC(C)(O)c3cccs3)cnc21. The first-order valence-electron chi connectivity index (χ1n) is 7.76. The van der Waals surface area contributed by atoms with Crippen LogP contribution in [-0.2, 0) is 12.1 Å². The lowest BCUT2D eigenvalue weighted by atomic mass is 10.1. The number of nitrogens with zero attached hydrogens (tertiary/aromatic N) is 3. The van der Waals surface area contributed by atoms with E-state index in [1.54, 1.807) is 11.3 Å². The highest BCUT2D eigenvalue weighted by Gasteiger charge is 2.23. The molecule has 3 aromatic heterocycles. The molecule has 0 saturated carbocycles. The molecule has 0 aromatic carbocycles. The molecule has 5 nitrogen and oxygen atoms in total. The molecular weight excluding hydrogens is 308 g/mol. The largest absolute Gasteiger partial charge is 0.383 e. The molecule has 3 rings (SSSR count). The molecule has 122 valence electrons. The standard InChI is InChI=1S/C17H22N4OS/c1-12(2)21-16-14(10-20-21)7-13(9-19-16)8-18-11-17(3,22)15-5-4-6-23-15/h4-7,9-10,12,18,22H,8,11H2,1-3H3. The maximum absolute atomic E-state index is 10.5. The van der Waals surface area contributed by atoms with E-state index in [-0.39, 0.29) is 0 Å². The maximum atomic E-state index is 10.5. The summed E-state index contributed by atoms with van der Waals surface area (Å²) < 4.78 is 1.92. The molecule has 0 bridgehead atoms. The molecule has 0 aliphatic rings. The molecule has 1 unspecified atom stereocenters. The van der Waals surface area contributed by atoms with Crippen LogP contribution in [0.5, 0.6) is 0 Å². The Kier molecular flexibility index (Phi) is 4.48. The van der Waals surface area contributed by atoms with Crippen molar-refractivity contribution in [2.75, 3.05) is 6.54 Å². The van der Waals surface area contributed by atoms with Crippen LogP contribution < -0.4 is 5.32 Å². The summed E-state index contributed by atoms with van der Waals surface area (Å²) in [6.07, 6.45) is 3.73. The average Bonchev–Trinajstić information content (AvgIpc) is 3.16. The molecule has 1 atom stereocenters. The Hall–Kier alpha value is -1.76. The van der Waals surface area contributed by atoms with Crippen LogP contribution in [0.1, 0.15) is 37.3 Å². The topological polar surface area (TPSA) is 63.0 Å². The molecule has 2 N–H and O–H groups in total. The van der Waals surface area contributed by atoms with Crippen molar-refractivity contribution in [3.63, 3.8) is 0 Å². The fraction of sp³-hybridized carbons (Fsp3) is 0.412. The van der Waals surface area contributed by atoms with Crippen molar-refractivity contribution in [2.45, 2.75) is 39.0 Å². The van der Waals surface area contributed by atoms with E-state index >= 15 is 0 Å². The predicted octanol–water partition coefficient (Wildman–Crippen LogP) is 3.07. The first kappa shape index (κ1) is 16.1. The smallest absolute Gasteiger partial charge is 0.157 e. The Morgan fingerprint density at radius 2 is 2.22 bits per heavy atom. The van der Waals surface area contributed by atoms with Crippen molar-refractivity contribution in [3.05, 3.63) is 46.4 Å². The van der Waals surface area contributed by atoms with E-state index < -0.39 is 5.60 Å². The first-order chi connectivity index (χ1) is 11.0. The number of aliphatic hydroxyl groups is 1. The minimum Gasteiger partial charge on any atom is -0.383 e. The molecule has 0 amide bonds. The van der Waals surface area contributed by atoms with Crippen molar-refractivity contribution in [2.24, 2.45) is 0 Å². The molecule has 0 saturated heterocycles. The third-order valence-electron chi connectivity index (χ3n) is 3.83. The van der Waals surface area contributed by atoms with Gasteiger partial charge < -0.3 is 10.4 Å². The Bertz CT molecular complexity index is 777. The van der Waals surface area contributed by atoms with Crippen LogP contribution in [0.3, 0.4) is 0 Å². The second-order valence-corrected chi connectivity index (χ2v) is 7.24. The fourth-order valence-electron chi connectivity index (χ4n) is 2.58. The van der Waals surface area contributed by atoms with Crippen molar-refractivity contribution in [1.29, 1.82) is 0 Å². The van der Waals surface area contributed by atoms with E-state index in [0.717, 1.165) is 21.5 Å². The van der Waals surface area contributed by atoms with Crippen molar-refractivity contribution < 1.29 is 5.11 Å². The van der Waals surface area contributed by atoms with Crippen LogP contribution in [0.2, 0.25) is 0 Å². The van der Waals surface area contributed by atoms with Crippen LogP contribution in [0.15, 0.2) is 36.0 Å². The summed E-state index contributed by atoms with van der Waals surface area (Å²) in [4.78, 5) is 5.50. The monoisotopic (exact) mass is 330 g/mol. The maximum Gasteiger partial charge on any atom is 0.157 e. The Morgan fingerprint density at radius 3 is 2.91 bits per heavy atom. The van der Waals surface area contributed by atoms with Crippen LogP contribution in [0.25, 0.3) is 11.0 Å². The lowest BCUT2D eigenvalue weighted by Crippen LogP contribution is -2.34. The minimum atomic E-state index is -0.853. The van der Waals surface area contributed by atoms with Crippen LogP contribution in [0, 0.1) is 0 Å². The van der Waals surface area contributed by atoms with E-state index in [1.807, 2.05) is 41.5 Å². The number of rotatable bonds is 6. The third-order valence-corrected chi connectivity index (χ3v) is 4.95. The van der Waals surface area contributed by atoms with Gasteiger partial charge in [-0.2, -0.15) is 5.10 Å². The van der Waals surface area contributed by atoms with Gasteiger partial charge in [0.2, 0.25) is 0 Å². The minimum absolute atomic E-state index is 0.296. The summed E-state index contributed by atoms with van der Waals surface area (Å²) in [6.45, 7) is 7.18. The number of thiophene rings is 1. The van der Waals surface area contributed by atoms with E-state index in [0.29, 0.717) is 19.1 Å². The van der Waals surface area contributed by atoms with Gasteiger partial charge in [-0.15, -0.1) is 11.3 Å². The highest BCUT2D eigenvalue weighted by atomic mass is 32.1. The van der Waals surface area contributed by atoms with Gasteiger partial charge in [0.15, 0.2) is 5.65 Å². The fourth-order valence-corrected chi connectivity index (χ4v) is 3.37. The number of fused-ring (bicyclic) bond motifs is 1. The van der Waals surface area contributed by atoms with Crippen LogP contribution in [0.4, 0.5) is 0 Å². The molecule has 0 spiro atoms. The summed E-state index contributed by atoms with van der Waals surface area (Å²) in [6, 6.07) is 6.31. The van der Waals surface area contributed by atoms with Gasteiger partial charge in [-0.25, -0.2) is 9.67 Å². The molecule has 23 heavy (non-hydrogen) atoms. The van der Waals surface area contributed by atoms with Gasteiger partial charge in [-0.1, -0.05) is 6.07 Å². The lowest BCUT2D eigenvalue weighted by molar-refractivity contribution is 0.0604. The average molecular weight is 330 g/mol. The molecule has 0 fully saturated rings. The van der Waals surface area contributed by atoms with Gasteiger partial charge in [0, 0.05) is 35.6 Å². The van der Waals surface area contributed by atoms with Gasteiger partial charge >= 0.3 is 0 Å². The second-order valence-electron chi connectivity index (χ2n) is 6.29. The number of pyridine rings is 1. The second kappa shape index (κ2) is 6.39. The van der Waals surface area contributed by atoms with Gasteiger partial charge in [0.05, 0.1) is 6.20 Å². The number of hydrogen-bond acceptors (Lipinski definition) is 5. The molecule has 3 heterocycles. The zero-order valence-electron chi connectivity index (χ0n) is 13.7. The zero-order chi connectivity index (χ0) is 16.4. The molecular formula is C17H22N4OS. The van der Waals surface area contributed by atoms with Gasteiger partial charge in [-0.05, 0) is 43.8 Å². The molecule has 0 aliphatic carbocycles. The first-order valence-corrected chi connectivity index (χ1v) is 8.64. The summed E-state index contributed by atoms with van der Waals surface area (Å²) in [5, 5.41) is 21.2. The van der Waals surface area contributed by atoms with Crippen molar-refractivity contribution >= 4 is 22.4 Å². The van der Waals surface area contributed by atoms with Gasteiger partial charge in [0.25, 0.3) is 0 Å². The summed E-state index contributed by atoms with van der Waals surface area (Å²) in [5.41, 5.74) is 1.14. The van der Waals surface area contributed by atoms with E-state index in [1.165, 1.54) is 0 Å². The number of nitrogens with one attached hydrogen (secondary N) is 1. The highest BCUT2D eigenvalue weighted by Crippen LogP contribution is 2.24.